The van der Waals surface area contributed by atoms with E-state index in [1.807, 2.05) is 24.3 Å². The zero-order chi connectivity index (χ0) is 14.8. The number of H-pyrrole nitrogens is 1. The number of likely N-dealkylation sites (N-methyl/N-ethyl adjacent to an activating group) is 1. The Morgan fingerprint density at radius 3 is 2.86 bits per heavy atom. The van der Waals surface area contributed by atoms with Crippen molar-refractivity contribution in [3.63, 3.8) is 0 Å². The van der Waals surface area contributed by atoms with Crippen molar-refractivity contribution in [3.05, 3.63) is 30.1 Å². The largest absolute Gasteiger partial charge is 0.347 e. The van der Waals surface area contributed by atoms with Crippen LogP contribution in [-0.2, 0) is 16.1 Å². The third kappa shape index (κ3) is 3.21. The van der Waals surface area contributed by atoms with Crippen LogP contribution in [-0.4, -0.2) is 40.3 Å². The van der Waals surface area contributed by atoms with Gasteiger partial charge in [0.15, 0.2) is 0 Å². The minimum atomic E-state index is -0.121. The molecular formula is C15H18N4O2. The van der Waals surface area contributed by atoms with Crippen molar-refractivity contribution < 1.29 is 9.59 Å². The molecule has 110 valence electrons. The molecule has 1 aliphatic rings. The molecule has 1 fully saturated rings. The normalized spacial score (nSPS) is 14.1. The molecule has 0 unspecified atom stereocenters. The Balaban J connectivity index is 1.55. The number of imidazole rings is 1. The Labute approximate surface area is 122 Å². The predicted molar refractivity (Wildman–Crippen MR) is 78.3 cm³/mol. The molecule has 0 atom stereocenters. The molecule has 2 aromatic rings. The van der Waals surface area contributed by atoms with E-state index in [1.54, 1.807) is 11.9 Å². The Morgan fingerprint density at radius 1 is 1.38 bits per heavy atom. The van der Waals surface area contributed by atoms with Crippen molar-refractivity contribution in [1.29, 1.82) is 0 Å². The summed E-state index contributed by atoms with van der Waals surface area (Å²) >= 11 is 0. The summed E-state index contributed by atoms with van der Waals surface area (Å²) in [6.07, 6.45) is 1.88. The number of fused-ring (bicyclic) bond motifs is 1. The number of carbonyl (C=O) groups is 2. The fourth-order valence-electron chi connectivity index (χ4n) is 2.18. The number of hydrogen-bond acceptors (Lipinski definition) is 3. The van der Waals surface area contributed by atoms with Gasteiger partial charge in [-0.05, 0) is 25.0 Å². The fraction of sp³-hybridized carbons (Fsp3) is 0.400. The van der Waals surface area contributed by atoms with Gasteiger partial charge in [-0.3, -0.25) is 9.59 Å². The lowest BCUT2D eigenvalue weighted by Crippen LogP contribution is -2.38. The summed E-state index contributed by atoms with van der Waals surface area (Å²) in [4.78, 5) is 32.7. The highest BCUT2D eigenvalue weighted by molar-refractivity contribution is 5.86. The summed E-state index contributed by atoms with van der Waals surface area (Å²) in [5.41, 5.74) is 1.84. The SMILES string of the molecule is CN(Cc1nc2ccccc2[nH]1)C(=O)CNC(=O)C1CC1. The van der Waals surface area contributed by atoms with Gasteiger partial charge in [0, 0.05) is 13.0 Å². The second-order valence-corrected chi connectivity index (χ2v) is 5.44. The highest BCUT2D eigenvalue weighted by Gasteiger charge is 2.29. The van der Waals surface area contributed by atoms with Gasteiger partial charge < -0.3 is 15.2 Å². The van der Waals surface area contributed by atoms with E-state index in [0.717, 1.165) is 29.7 Å². The number of hydrogen-bond donors (Lipinski definition) is 2. The second-order valence-electron chi connectivity index (χ2n) is 5.44. The van der Waals surface area contributed by atoms with E-state index in [0.29, 0.717) is 6.54 Å². The number of nitrogens with zero attached hydrogens (tertiary/aromatic N) is 2. The number of aromatic amines is 1. The number of carbonyl (C=O) groups excluding carboxylic acids is 2. The van der Waals surface area contributed by atoms with Crippen molar-refractivity contribution in [2.75, 3.05) is 13.6 Å². The average Bonchev–Trinajstić information content (AvgIpc) is 3.24. The first-order valence-corrected chi connectivity index (χ1v) is 7.09. The molecule has 1 aromatic heterocycles. The summed E-state index contributed by atoms with van der Waals surface area (Å²) in [7, 11) is 1.71. The summed E-state index contributed by atoms with van der Waals surface area (Å²) < 4.78 is 0. The van der Waals surface area contributed by atoms with Crippen LogP contribution in [0.5, 0.6) is 0 Å². The van der Waals surface area contributed by atoms with Crippen LogP contribution >= 0.6 is 0 Å². The van der Waals surface area contributed by atoms with Crippen molar-refractivity contribution >= 4 is 22.8 Å². The first kappa shape index (κ1) is 13.6. The number of nitrogens with one attached hydrogen (secondary N) is 2. The summed E-state index contributed by atoms with van der Waals surface area (Å²) in [6, 6.07) is 7.73. The van der Waals surface area contributed by atoms with Gasteiger partial charge in [0.2, 0.25) is 11.8 Å². The minimum Gasteiger partial charge on any atom is -0.347 e. The number of amides is 2. The maximum absolute atomic E-state index is 12.0. The van der Waals surface area contributed by atoms with Crippen LogP contribution < -0.4 is 5.32 Å². The van der Waals surface area contributed by atoms with E-state index >= 15 is 0 Å². The van der Waals surface area contributed by atoms with Gasteiger partial charge in [0.25, 0.3) is 0 Å². The van der Waals surface area contributed by atoms with E-state index < -0.39 is 0 Å². The van der Waals surface area contributed by atoms with Crippen molar-refractivity contribution in [2.45, 2.75) is 19.4 Å². The van der Waals surface area contributed by atoms with Crippen LogP contribution in [0.15, 0.2) is 24.3 Å². The first-order valence-electron chi connectivity index (χ1n) is 7.09. The number of aromatic nitrogens is 2. The molecule has 0 spiro atoms. The van der Waals surface area contributed by atoms with Gasteiger partial charge in [-0.15, -0.1) is 0 Å². The second kappa shape index (κ2) is 5.55. The molecule has 2 N–H and O–H groups in total. The monoisotopic (exact) mass is 286 g/mol. The third-order valence-electron chi connectivity index (χ3n) is 3.61. The zero-order valence-corrected chi connectivity index (χ0v) is 11.9. The standard InChI is InChI=1S/C15H18N4O2/c1-19(14(20)8-16-15(21)10-6-7-10)9-13-17-11-4-2-3-5-12(11)18-13/h2-5,10H,6-9H2,1H3,(H,16,21)(H,17,18). The molecule has 6 heteroatoms. The van der Waals surface area contributed by atoms with Crippen LogP contribution in [0.3, 0.4) is 0 Å². The Kier molecular flexibility index (Phi) is 3.60. The number of benzene rings is 1. The van der Waals surface area contributed by atoms with Crippen LogP contribution in [0.1, 0.15) is 18.7 Å². The molecule has 1 aliphatic carbocycles. The van der Waals surface area contributed by atoms with Gasteiger partial charge in [0.05, 0.1) is 24.1 Å². The van der Waals surface area contributed by atoms with E-state index in [4.69, 9.17) is 0 Å². The van der Waals surface area contributed by atoms with Gasteiger partial charge >= 0.3 is 0 Å². The number of para-hydroxylation sites is 2. The molecule has 3 rings (SSSR count). The maximum atomic E-state index is 12.0. The molecule has 1 aromatic carbocycles. The minimum absolute atomic E-state index is 0.0134. The van der Waals surface area contributed by atoms with E-state index in [1.165, 1.54) is 0 Å². The van der Waals surface area contributed by atoms with Crippen LogP contribution in [0, 0.1) is 5.92 Å². The number of rotatable bonds is 5. The van der Waals surface area contributed by atoms with Gasteiger partial charge in [0.1, 0.15) is 5.82 Å². The van der Waals surface area contributed by atoms with Gasteiger partial charge in [-0.1, -0.05) is 12.1 Å². The van der Waals surface area contributed by atoms with Gasteiger partial charge in [-0.25, -0.2) is 4.98 Å². The molecule has 1 heterocycles. The lowest BCUT2D eigenvalue weighted by Gasteiger charge is -2.16. The van der Waals surface area contributed by atoms with Gasteiger partial charge in [-0.2, -0.15) is 0 Å². The zero-order valence-electron chi connectivity index (χ0n) is 11.9. The van der Waals surface area contributed by atoms with Crippen molar-refractivity contribution in [3.8, 4) is 0 Å². The molecule has 21 heavy (non-hydrogen) atoms. The smallest absolute Gasteiger partial charge is 0.242 e. The maximum Gasteiger partial charge on any atom is 0.242 e. The van der Waals surface area contributed by atoms with Crippen LogP contribution in [0.2, 0.25) is 0 Å². The summed E-state index contributed by atoms with van der Waals surface area (Å²) in [5, 5.41) is 2.68. The molecule has 0 bridgehead atoms. The molecule has 1 saturated carbocycles. The van der Waals surface area contributed by atoms with Crippen molar-refractivity contribution in [1.82, 2.24) is 20.2 Å². The van der Waals surface area contributed by atoms with Crippen LogP contribution in [0.25, 0.3) is 11.0 Å². The topological polar surface area (TPSA) is 78.1 Å². The van der Waals surface area contributed by atoms with E-state index in [2.05, 4.69) is 15.3 Å². The quantitative estimate of drug-likeness (QED) is 0.862. The highest BCUT2D eigenvalue weighted by atomic mass is 16.2. The molecule has 0 radical (unpaired) electrons. The Hall–Kier alpha value is -2.37. The molecule has 6 nitrogen and oxygen atoms in total. The molecular weight excluding hydrogens is 268 g/mol. The third-order valence-corrected chi connectivity index (χ3v) is 3.61. The van der Waals surface area contributed by atoms with Crippen LogP contribution in [0.4, 0.5) is 0 Å². The lowest BCUT2D eigenvalue weighted by atomic mass is 10.3. The summed E-state index contributed by atoms with van der Waals surface area (Å²) in [5.74, 6) is 0.726. The Bertz CT molecular complexity index is 642. The summed E-state index contributed by atoms with van der Waals surface area (Å²) in [6.45, 7) is 0.443. The Morgan fingerprint density at radius 2 is 2.14 bits per heavy atom. The highest BCUT2D eigenvalue weighted by Crippen LogP contribution is 2.28. The van der Waals surface area contributed by atoms with E-state index in [-0.39, 0.29) is 24.3 Å². The van der Waals surface area contributed by atoms with Crippen molar-refractivity contribution in [2.24, 2.45) is 5.92 Å². The lowest BCUT2D eigenvalue weighted by molar-refractivity contribution is -0.132. The predicted octanol–water partition coefficient (Wildman–Crippen LogP) is 1.05. The molecule has 2 amide bonds. The molecule has 0 aliphatic heterocycles. The average molecular weight is 286 g/mol. The molecule has 0 saturated heterocycles. The fourth-order valence-corrected chi connectivity index (χ4v) is 2.18. The first-order chi connectivity index (χ1) is 10.1. The van der Waals surface area contributed by atoms with E-state index in [9.17, 15) is 9.59 Å².